The molecule has 0 aliphatic rings. The Labute approximate surface area is 147 Å². The van der Waals surface area contributed by atoms with Gasteiger partial charge in [-0.2, -0.15) is 4.98 Å². The molecule has 0 aliphatic carbocycles. The first-order chi connectivity index (χ1) is 12.2. The first-order valence-corrected chi connectivity index (χ1v) is 8.42. The van der Waals surface area contributed by atoms with E-state index in [0.29, 0.717) is 23.1 Å². The zero-order valence-electron chi connectivity index (χ0n) is 14.5. The summed E-state index contributed by atoms with van der Waals surface area (Å²) in [4.78, 5) is 8.37. The minimum absolute atomic E-state index is 0.340. The standard InChI is InChI=1S/C20H22N4O/c1-3-14-5-9-16(10-6-14)24-19-18(21)20(23-13-22-19)25-17-11-7-15(4-2)8-12-17/h5-13H,3-4,21H2,1-2H3,(H,22,23,24). The summed E-state index contributed by atoms with van der Waals surface area (Å²) in [6.45, 7) is 4.24. The van der Waals surface area contributed by atoms with E-state index < -0.39 is 0 Å². The molecule has 25 heavy (non-hydrogen) atoms. The van der Waals surface area contributed by atoms with Gasteiger partial charge in [-0.1, -0.05) is 38.1 Å². The molecule has 0 saturated heterocycles. The molecule has 0 saturated carbocycles. The lowest BCUT2D eigenvalue weighted by Gasteiger charge is -2.12. The molecule has 3 N–H and O–H groups in total. The van der Waals surface area contributed by atoms with E-state index >= 15 is 0 Å². The fraction of sp³-hybridized carbons (Fsp3) is 0.200. The van der Waals surface area contributed by atoms with E-state index in [4.69, 9.17) is 10.5 Å². The third-order valence-corrected chi connectivity index (χ3v) is 4.02. The van der Waals surface area contributed by atoms with Crippen molar-refractivity contribution in [1.82, 2.24) is 9.97 Å². The molecule has 0 aliphatic heterocycles. The zero-order valence-corrected chi connectivity index (χ0v) is 14.5. The zero-order chi connectivity index (χ0) is 17.6. The molecule has 0 bridgehead atoms. The summed E-state index contributed by atoms with van der Waals surface area (Å²) < 4.78 is 5.81. The maximum atomic E-state index is 6.18. The molecule has 0 fully saturated rings. The fourth-order valence-corrected chi connectivity index (χ4v) is 2.43. The fourth-order valence-electron chi connectivity index (χ4n) is 2.43. The van der Waals surface area contributed by atoms with Gasteiger partial charge in [0.05, 0.1) is 0 Å². The summed E-state index contributed by atoms with van der Waals surface area (Å²) >= 11 is 0. The van der Waals surface area contributed by atoms with Crippen LogP contribution in [0.5, 0.6) is 11.6 Å². The van der Waals surface area contributed by atoms with Crippen LogP contribution in [-0.4, -0.2) is 9.97 Å². The van der Waals surface area contributed by atoms with E-state index in [-0.39, 0.29) is 0 Å². The third kappa shape index (κ3) is 4.07. The molecule has 128 valence electrons. The number of hydrogen-bond acceptors (Lipinski definition) is 5. The summed E-state index contributed by atoms with van der Waals surface area (Å²) in [5.74, 6) is 1.56. The van der Waals surface area contributed by atoms with Gasteiger partial charge in [0, 0.05) is 5.69 Å². The average Bonchev–Trinajstić information content (AvgIpc) is 2.66. The number of anilines is 3. The first kappa shape index (κ1) is 16.8. The molecule has 0 atom stereocenters. The lowest BCUT2D eigenvalue weighted by molar-refractivity contribution is 0.464. The van der Waals surface area contributed by atoms with Gasteiger partial charge in [-0.15, -0.1) is 0 Å². The Hall–Kier alpha value is -3.08. The van der Waals surface area contributed by atoms with Gasteiger partial charge in [0.2, 0.25) is 5.88 Å². The maximum absolute atomic E-state index is 6.18. The van der Waals surface area contributed by atoms with Gasteiger partial charge in [-0.25, -0.2) is 4.98 Å². The highest BCUT2D eigenvalue weighted by molar-refractivity contribution is 5.72. The molecule has 5 heteroatoms. The van der Waals surface area contributed by atoms with E-state index in [9.17, 15) is 0 Å². The number of ether oxygens (including phenoxy) is 1. The second-order valence-electron chi connectivity index (χ2n) is 5.72. The number of nitrogens with zero attached hydrogens (tertiary/aromatic N) is 2. The molecule has 0 radical (unpaired) electrons. The second-order valence-corrected chi connectivity index (χ2v) is 5.72. The van der Waals surface area contributed by atoms with Gasteiger partial charge < -0.3 is 15.8 Å². The Morgan fingerprint density at radius 3 is 2.08 bits per heavy atom. The van der Waals surface area contributed by atoms with Crippen molar-refractivity contribution in [3.8, 4) is 11.6 Å². The molecule has 3 aromatic rings. The Morgan fingerprint density at radius 1 is 0.880 bits per heavy atom. The maximum Gasteiger partial charge on any atom is 0.248 e. The monoisotopic (exact) mass is 334 g/mol. The Bertz CT molecular complexity index is 762. The van der Waals surface area contributed by atoms with Crippen LogP contribution in [0.4, 0.5) is 17.2 Å². The van der Waals surface area contributed by atoms with Crippen LogP contribution in [0.1, 0.15) is 25.0 Å². The lowest BCUT2D eigenvalue weighted by Crippen LogP contribution is -2.03. The minimum atomic E-state index is 0.340. The normalized spacial score (nSPS) is 10.5. The van der Waals surface area contributed by atoms with Crippen LogP contribution in [0.25, 0.3) is 0 Å². The van der Waals surface area contributed by atoms with Crippen LogP contribution >= 0.6 is 0 Å². The van der Waals surface area contributed by atoms with E-state index in [2.05, 4.69) is 41.3 Å². The predicted octanol–water partition coefficient (Wildman–Crippen LogP) is 4.72. The predicted molar refractivity (Wildman–Crippen MR) is 101 cm³/mol. The summed E-state index contributed by atoms with van der Waals surface area (Å²) in [5, 5.41) is 3.21. The highest BCUT2D eigenvalue weighted by Crippen LogP contribution is 2.31. The number of aromatic nitrogens is 2. The molecule has 1 heterocycles. The van der Waals surface area contributed by atoms with Crippen molar-refractivity contribution in [2.24, 2.45) is 0 Å². The number of benzene rings is 2. The van der Waals surface area contributed by atoms with E-state index in [1.165, 1.54) is 17.5 Å². The number of hydrogen-bond donors (Lipinski definition) is 2. The average molecular weight is 334 g/mol. The van der Waals surface area contributed by atoms with Crippen molar-refractivity contribution in [3.63, 3.8) is 0 Å². The quantitative estimate of drug-likeness (QED) is 0.682. The van der Waals surface area contributed by atoms with E-state index in [1.54, 1.807) is 0 Å². The minimum Gasteiger partial charge on any atom is -0.437 e. The number of nitrogen functional groups attached to an aromatic ring is 1. The molecule has 3 rings (SSSR count). The molecular formula is C20H22N4O. The van der Waals surface area contributed by atoms with Crippen molar-refractivity contribution in [2.75, 3.05) is 11.1 Å². The van der Waals surface area contributed by atoms with E-state index in [1.807, 2.05) is 36.4 Å². The Kier molecular flexibility index (Phi) is 5.14. The number of aryl methyl sites for hydroxylation is 2. The smallest absolute Gasteiger partial charge is 0.248 e. The van der Waals surface area contributed by atoms with Crippen LogP contribution in [0.2, 0.25) is 0 Å². The van der Waals surface area contributed by atoms with Gasteiger partial charge in [-0.05, 0) is 48.2 Å². The molecule has 2 aromatic carbocycles. The van der Waals surface area contributed by atoms with E-state index in [0.717, 1.165) is 18.5 Å². The summed E-state index contributed by atoms with van der Waals surface area (Å²) in [7, 11) is 0. The van der Waals surface area contributed by atoms with Crippen molar-refractivity contribution < 1.29 is 4.74 Å². The first-order valence-electron chi connectivity index (χ1n) is 8.42. The third-order valence-electron chi connectivity index (χ3n) is 4.02. The van der Waals surface area contributed by atoms with Gasteiger partial charge in [0.1, 0.15) is 17.8 Å². The highest BCUT2D eigenvalue weighted by atomic mass is 16.5. The summed E-state index contributed by atoms with van der Waals surface area (Å²) in [5.41, 5.74) is 10.0. The number of rotatable bonds is 6. The highest BCUT2D eigenvalue weighted by Gasteiger charge is 2.10. The topological polar surface area (TPSA) is 73.1 Å². The second kappa shape index (κ2) is 7.66. The molecule has 5 nitrogen and oxygen atoms in total. The van der Waals surface area contributed by atoms with Crippen LogP contribution in [-0.2, 0) is 12.8 Å². The molecule has 0 amide bonds. The molecular weight excluding hydrogens is 312 g/mol. The summed E-state index contributed by atoms with van der Waals surface area (Å²) in [6, 6.07) is 16.0. The largest absolute Gasteiger partial charge is 0.437 e. The van der Waals surface area contributed by atoms with Crippen LogP contribution in [0.15, 0.2) is 54.9 Å². The lowest BCUT2D eigenvalue weighted by atomic mass is 10.1. The molecule has 1 aromatic heterocycles. The SMILES string of the molecule is CCc1ccc(Nc2ncnc(Oc3ccc(CC)cc3)c2N)cc1. The number of nitrogens with one attached hydrogen (secondary N) is 1. The van der Waals surface area contributed by atoms with Crippen LogP contribution < -0.4 is 15.8 Å². The van der Waals surface area contributed by atoms with Gasteiger partial charge in [-0.3, -0.25) is 0 Å². The van der Waals surface area contributed by atoms with Crippen LogP contribution in [0, 0.1) is 0 Å². The molecule has 0 unspecified atom stereocenters. The Balaban J connectivity index is 1.78. The van der Waals surface area contributed by atoms with Crippen molar-refractivity contribution in [1.29, 1.82) is 0 Å². The van der Waals surface area contributed by atoms with Gasteiger partial charge >= 0.3 is 0 Å². The van der Waals surface area contributed by atoms with Crippen molar-refractivity contribution in [3.05, 3.63) is 66.0 Å². The summed E-state index contributed by atoms with van der Waals surface area (Å²) in [6.07, 6.45) is 3.43. The Morgan fingerprint density at radius 2 is 1.48 bits per heavy atom. The van der Waals surface area contributed by atoms with Crippen molar-refractivity contribution in [2.45, 2.75) is 26.7 Å². The van der Waals surface area contributed by atoms with Crippen molar-refractivity contribution >= 4 is 17.2 Å². The van der Waals surface area contributed by atoms with Gasteiger partial charge in [0.15, 0.2) is 5.82 Å². The van der Waals surface area contributed by atoms with Crippen LogP contribution in [0.3, 0.4) is 0 Å². The molecule has 0 spiro atoms. The number of nitrogens with two attached hydrogens (primary N) is 1. The van der Waals surface area contributed by atoms with Gasteiger partial charge in [0.25, 0.3) is 0 Å².